The molecule has 0 spiro atoms. The van der Waals surface area contributed by atoms with Crippen molar-refractivity contribution in [2.75, 3.05) is 5.32 Å². The van der Waals surface area contributed by atoms with Crippen molar-refractivity contribution in [3.05, 3.63) is 72.4 Å². The first-order valence-corrected chi connectivity index (χ1v) is 11.3. The number of aryl methyl sites for hydroxylation is 5. The van der Waals surface area contributed by atoms with Gasteiger partial charge in [0.05, 0.1) is 11.1 Å². The van der Waals surface area contributed by atoms with Gasteiger partial charge in [-0.2, -0.15) is 5.10 Å². The largest absolute Gasteiger partial charge is 0.337 e. The minimum absolute atomic E-state index is 0.203. The first-order chi connectivity index (χ1) is 15.3. The van der Waals surface area contributed by atoms with Gasteiger partial charge >= 0.3 is 5.69 Å². The van der Waals surface area contributed by atoms with Gasteiger partial charge in [0.25, 0.3) is 5.56 Å². The van der Waals surface area contributed by atoms with E-state index in [1.165, 1.54) is 20.5 Å². The highest BCUT2D eigenvalue weighted by molar-refractivity contribution is 7.19. The molecule has 8 nitrogen and oxygen atoms in total. The van der Waals surface area contributed by atoms with Gasteiger partial charge in [0.15, 0.2) is 5.82 Å². The first-order valence-electron chi connectivity index (χ1n) is 10.5. The quantitative estimate of drug-likeness (QED) is 0.500. The van der Waals surface area contributed by atoms with Crippen LogP contribution in [0.15, 0.2) is 33.9 Å². The third-order valence-corrected chi connectivity index (χ3v) is 7.33. The van der Waals surface area contributed by atoms with Gasteiger partial charge in [-0.25, -0.2) is 9.36 Å². The second kappa shape index (κ2) is 7.59. The molecule has 0 aliphatic heterocycles. The molecule has 2 N–H and O–H groups in total. The van der Waals surface area contributed by atoms with Crippen molar-refractivity contribution in [2.24, 2.45) is 0 Å². The van der Waals surface area contributed by atoms with E-state index in [4.69, 9.17) is 0 Å². The Balaban J connectivity index is 1.69. The summed E-state index contributed by atoms with van der Waals surface area (Å²) in [4.78, 5) is 41.6. The molecule has 164 valence electrons. The lowest BCUT2D eigenvalue weighted by molar-refractivity contribution is -0.116. The molecule has 0 unspecified atom stereocenters. The van der Waals surface area contributed by atoms with Gasteiger partial charge < -0.3 is 5.32 Å². The van der Waals surface area contributed by atoms with Crippen LogP contribution in [-0.2, 0) is 24.2 Å². The van der Waals surface area contributed by atoms with Crippen LogP contribution in [0.4, 0.5) is 5.82 Å². The fourth-order valence-electron chi connectivity index (χ4n) is 4.25. The molecule has 32 heavy (non-hydrogen) atoms. The first kappa shape index (κ1) is 20.4. The average molecular weight is 450 g/mol. The predicted octanol–water partition coefficient (Wildman–Crippen LogP) is 2.99. The number of aromatic amines is 1. The summed E-state index contributed by atoms with van der Waals surface area (Å²) in [6.45, 7) is 5.56. The Morgan fingerprint density at radius 3 is 2.69 bits per heavy atom. The number of carbonyl (C=O) groups excluding carboxylic acids is 1. The Bertz CT molecular complexity index is 1500. The molecule has 4 aromatic rings. The summed E-state index contributed by atoms with van der Waals surface area (Å²) in [5, 5.41) is 10.1. The highest BCUT2D eigenvalue weighted by Gasteiger charge is 2.26. The van der Waals surface area contributed by atoms with Gasteiger partial charge in [-0.15, -0.1) is 11.3 Å². The van der Waals surface area contributed by atoms with Crippen molar-refractivity contribution < 1.29 is 4.79 Å². The zero-order valence-corrected chi connectivity index (χ0v) is 18.9. The van der Waals surface area contributed by atoms with E-state index in [0.717, 1.165) is 46.5 Å². The van der Waals surface area contributed by atoms with Crippen LogP contribution in [0.1, 0.15) is 33.7 Å². The Kier molecular flexibility index (Phi) is 4.85. The number of carbonyl (C=O) groups is 1. The maximum Gasteiger partial charge on any atom is 0.337 e. The summed E-state index contributed by atoms with van der Waals surface area (Å²) >= 11 is 1.45. The minimum Gasteiger partial charge on any atom is -0.308 e. The molecular weight excluding hydrogens is 426 g/mol. The number of thiophene rings is 1. The molecule has 1 aliphatic rings. The number of hydrogen-bond donors (Lipinski definition) is 2. The van der Waals surface area contributed by atoms with Crippen LogP contribution in [0, 0.1) is 20.8 Å². The zero-order valence-electron chi connectivity index (χ0n) is 18.1. The van der Waals surface area contributed by atoms with Gasteiger partial charge in [0.1, 0.15) is 11.4 Å². The van der Waals surface area contributed by atoms with Crippen LogP contribution in [-0.4, -0.2) is 25.2 Å². The fourth-order valence-corrected chi connectivity index (χ4v) is 5.62. The molecule has 0 bridgehead atoms. The average Bonchev–Trinajstić information content (AvgIpc) is 3.44. The lowest BCUT2D eigenvalue weighted by atomic mass is 10.1. The van der Waals surface area contributed by atoms with Crippen molar-refractivity contribution in [1.82, 2.24) is 19.3 Å². The molecule has 0 radical (unpaired) electrons. The van der Waals surface area contributed by atoms with E-state index in [9.17, 15) is 14.4 Å². The Hall–Kier alpha value is -3.46. The van der Waals surface area contributed by atoms with Crippen molar-refractivity contribution in [3.63, 3.8) is 0 Å². The summed E-state index contributed by atoms with van der Waals surface area (Å²) in [6.07, 6.45) is 2.71. The van der Waals surface area contributed by atoms with Crippen molar-refractivity contribution in [2.45, 2.75) is 46.6 Å². The van der Waals surface area contributed by atoms with Crippen molar-refractivity contribution in [1.29, 1.82) is 0 Å². The second-order valence-electron chi connectivity index (χ2n) is 8.30. The normalized spacial score (nSPS) is 13.0. The molecule has 0 fully saturated rings. The summed E-state index contributed by atoms with van der Waals surface area (Å²) in [5.74, 6) is 0.0201. The van der Waals surface area contributed by atoms with Gasteiger partial charge in [-0.3, -0.25) is 19.3 Å². The fraction of sp³-hybridized carbons (Fsp3) is 0.304. The molecule has 3 aromatic heterocycles. The van der Waals surface area contributed by atoms with Crippen molar-refractivity contribution >= 4 is 33.3 Å². The number of fused-ring (bicyclic) bond motifs is 3. The maximum absolute atomic E-state index is 13.6. The van der Waals surface area contributed by atoms with Gasteiger partial charge in [-0.05, 0) is 68.9 Å². The number of benzene rings is 1. The van der Waals surface area contributed by atoms with Gasteiger partial charge in [-0.1, -0.05) is 6.07 Å². The van der Waals surface area contributed by atoms with E-state index in [1.807, 2.05) is 32.9 Å². The standard InChI is InChI=1S/C23H23N5O3S/c1-12-7-8-15(9-13(12)2)28-21(30)20-16-5-4-6-17(16)32-22(20)27(23(28)31)11-19(29)24-18-10-14(3)25-26-18/h7-10H,4-6,11H2,1-3H3,(H2,24,25,26,29). The van der Waals surface area contributed by atoms with E-state index >= 15 is 0 Å². The Labute approximate surface area is 187 Å². The van der Waals surface area contributed by atoms with Crippen LogP contribution in [0.2, 0.25) is 0 Å². The van der Waals surface area contributed by atoms with Gasteiger partial charge in [0, 0.05) is 16.6 Å². The molecule has 0 saturated carbocycles. The monoisotopic (exact) mass is 449 g/mol. The predicted molar refractivity (Wildman–Crippen MR) is 125 cm³/mol. The molecule has 0 saturated heterocycles. The summed E-state index contributed by atoms with van der Waals surface area (Å²) < 4.78 is 2.62. The molecule has 0 atom stereocenters. The molecule has 9 heteroatoms. The number of nitrogens with zero attached hydrogens (tertiary/aromatic N) is 3. The number of rotatable bonds is 4. The topological polar surface area (TPSA) is 102 Å². The third-order valence-electron chi connectivity index (χ3n) is 6.01. The number of H-pyrrole nitrogens is 1. The Morgan fingerprint density at radius 1 is 1.16 bits per heavy atom. The SMILES string of the molecule is Cc1cc(NC(=O)Cn2c(=O)n(-c3ccc(C)c(C)c3)c(=O)c3c4c(sc32)CCC4)n[nH]1. The minimum atomic E-state index is -0.515. The van der Waals surface area contributed by atoms with E-state index in [-0.39, 0.29) is 18.0 Å². The highest BCUT2D eigenvalue weighted by atomic mass is 32.1. The summed E-state index contributed by atoms with van der Waals surface area (Å²) in [7, 11) is 0. The lowest BCUT2D eigenvalue weighted by Gasteiger charge is -2.13. The van der Waals surface area contributed by atoms with Crippen LogP contribution in [0.25, 0.3) is 15.9 Å². The Morgan fingerprint density at radius 2 is 1.97 bits per heavy atom. The van der Waals surface area contributed by atoms with Gasteiger partial charge in [0.2, 0.25) is 5.91 Å². The highest BCUT2D eigenvalue weighted by Crippen LogP contribution is 2.35. The molecule has 5 rings (SSSR count). The molecule has 1 aliphatic carbocycles. The van der Waals surface area contributed by atoms with Crippen LogP contribution in [0.3, 0.4) is 0 Å². The number of hydrogen-bond acceptors (Lipinski definition) is 5. The van der Waals surface area contributed by atoms with Crippen LogP contribution >= 0.6 is 11.3 Å². The molecule has 1 amide bonds. The second-order valence-corrected chi connectivity index (χ2v) is 9.38. The smallest absolute Gasteiger partial charge is 0.308 e. The lowest BCUT2D eigenvalue weighted by Crippen LogP contribution is -2.40. The number of nitrogens with one attached hydrogen (secondary N) is 2. The zero-order chi connectivity index (χ0) is 22.6. The van der Waals surface area contributed by atoms with E-state index in [2.05, 4.69) is 15.5 Å². The third kappa shape index (κ3) is 3.29. The summed E-state index contributed by atoms with van der Waals surface area (Å²) in [5.41, 5.74) is 3.59. The number of anilines is 1. The van der Waals surface area contributed by atoms with Crippen LogP contribution in [0.5, 0.6) is 0 Å². The summed E-state index contributed by atoms with van der Waals surface area (Å²) in [6, 6.07) is 7.23. The molecule has 1 aromatic carbocycles. The van der Waals surface area contributed by atoms with Crippen LogP contribution < -0.4 is 16.6 Å². The van der Waals surface area contributed by atoms with E-state index < -0.39 is 5.69 Å². The van der Waals surface area contributed by atoms with E-state index in [1.54, 1.807) is 12.1 Å². The van der Waals surface area contributed by atoms with E-state index in [0.29, 0.717) is 21.7 Å². The molecular formula is C23H23N5O3S. The number of aromatic nitrogens is 4. The number of amides is 1. The molecule has 3 heterocycles. The maximum atomic E-state index is 13.6. The van der Waals surface area contributed by atoms with Crippen molar-refractivity contribution in [3.8, 4) is 5.69 Å².